The second kappa shape index (κ2) is 51.0. The van der Waals surface area contributed by atoms with Gasteiger partial charge in [0.05, 0.1) is 25.4 Å². The molecule has 0 aromatic rings. The van der Waals surface area contributed by atoms with Crippen LogP contribution in [0.3, 0.4) is 0 Å². The molecule has 0 radical (unpaired) electrons. The van der Waals surface area contributed by atoms with Crippen LogP contribution in [0.1, 0.15) is 290 Å². The molecule has 0 rings (SSSR count). The molecule has 0 aromatic carbocycles. The Balaban J connectivity index is 3.40. The Morgan fingerprint density at radius 2 is 0.770 bits per heavy atom. The average molecular weight is 860 g/mol. The van der Waals surface area contributed by atoms with Gasteiger partial charge in [-0.1, -0.05) is 224 Å². The standard InChI is InChI=1S/C55H105NO5/c1-3-5-7-9-11-13-14-15-26-29-33-37-41-45-49-55(60)61-50-46-42-38-34-30-27-24-22-20-18-16-17-19-21-23-25-28-32-36-40-44-48-54(59)56-52(51-57)53(58)47-43-39-35-31-12-10-8-6-4-2/h14-15,17,19,52-53,57-58H,3-13,16,18,20-51H2,1-2H3,(H,56,59)/b15-14-,19-17-. The topological polar surface area (TPSA) is 95.9 Å². The first-order valence-electron chi connectivity index (χ1n) is 27.1. The molecule has 0 aliphatic rings. The molecule has 2 unspecified atom stereocenters. The van der Waals surface area contributed by atoms with Crippen LogP contribution in [0.15, 0.2) is 24.3 Å². The number of carbonyl (C=O) groups is 2. The molecule has 0 heterocycles. The van der Waals surface area contributed by atoms with E-state index in [9.17, 15) is 19.8 Å². The number of nitrogens with one attached hydrogen (secondary N) is 1. The van der Waals surface area contributed by atoms with Crippen LogP contribution in [-0.2, 0) is 14.3 Å². The Labute approximate surface area is 380 Å². The van der Waals surface area contributed by atoms with E-state index in [2.05, 4.69) is 43.5 Å². The van der Waals surface area contributed by atoms with E-state index in [1.165, 1.54) is 212 Å². The van der Waals surface area contributed by atoms with Gasteiger partial charge in [-0.25, -0.2) is 0 Å². The lowest BCUT2D eigenvalue weighted by atomic mass is 10.0. The molecule has 0 saturated heterocycles. The summed E-state index contributed by atoms with van der Waals surface area (Å²) < 4.78 is 5.46. The zero-order valence-corrected chi connectivity index (χ0v) is 40.9. The van der Waals surface area contributed by atoms with Crippen molar-refractivity contribution in [1.82, 2.24) is 5.32 Å². The highest BCUT2D eigenvalue weighted by atomic mass is 16.5. The number of hydrogen-bond acceptors (Lipinski definition) is 5. The fraction of sp³-hybridized carbons (Fsp3) is 0.891. The van der Waals surface area contributed by atoms with Gasteiger partial charge in [-0.2, -0.15) is 0 Å². The van der Waals surface area contributed by atoms with Crippen molar-refractivity contribution in [3.05, 3.63) is 24.3 Å². The van der Waals surface area contributed by atoms with Crippen molar-refractivity contribution in [1.29, 1.82) is 0 Å². The fourth-order valence-electron chi connectivity index (χ4n) is 8.28. The van der Waals surface area contributed by atoms with E-state index in [0.29, 0.717) is 25.9 Å². The summed E-state index contributed by atoms with van der Waals surface area (Å²) in [5, 5.41) is 23.1. The molecule has 6 heteroatoms. The minimum absolute atomic E-state index is 0.000671. The fourth-order valence-corrected chi connectivity index (χ4v) is 8.28. The molecule has 0 aliphatic carbocycles. The molecule has 61 heavy (non-hydrogen) atoms. The summed E-state index contributed by atoms with van der Waals surface area (Å²) in [5.41, 5.74) is 0. The number of ether oxygens (including phenoxy) is 1. The van der Waals surface area contributed by atoms with E-state index in [-0.39, 0.29) is 18.5 Å². The maximum atomic E-state index is 12.4. The van der Waals surface area contributed by atoms with Gasteiger partial charge in [0.2, 0.25) is 5.91 Å². The zero-order valence-electron chi connectivity index (χ0n) is 40.9. The minimum atomic E-state index is -0.666. The van der Waals surface area contributed by atoms with Crippen molar-refractivity contribution >= 4 is 11.9 Å². The predicted molar refractivity (Wildman–Crippen MR) is 264 cm³/mol. The SMILES string of the molecule is CCCCCCC/C=C\CCCCCCCC(=O)OCCCCCCCCCCCC/C=C\CCCCCCCCCC(=O)NC(CO)C(O)CCCCCCCCCCC. The average Bonchev–Trinajstić information content (AvgIpc) is 3.26. The molecule has 0 saturated carbocycles. The van der Waals surface area contributed by atoms with Crippen molar-refractivity contribution in [3.63, 3.8) is 0 Å². The number of hydrogen-bond donors (Lipinski definition) is 3. The van der Waals surface area contributed by atoms with Crippen molar-refractivity contribution in [2.45, 2.75) is 302 Å². The van der Waals surface area contributed by atoms with Crippen LogP contribution >= 0.6 is 0 Å². The molecule has 1 amide bonds. The molecule has 0 aliphatic heterocycles. The van der Waals surface area contributed by atoms with Crippen LogP contribution in [0.5, 0.6) is 0 Å². The van der Waals surface area contributed by atoms with Gasteiger partial charge in [0.25, 0.3) is 0 Å². The van der Waals surface area contributed by atoms with Gasteiger partial charge in [-0.3, -0.25) is 9.59 Å². The highest BCUT2D eigenvalue weighted by molar-refractivity contribution is 5.76. The third-order valence-electron chi connectivity index (χ3n) is 12.5. The second-order valence-electron chi connectivity index (χ2n) is 18.6. The smallest absolute Gasteiger partial charge is 0.305 e. The van der Waals surface area contributed by atoms with Crippen LogP contribution in [-0.4, -0.2) is 47.4 Å². The predicted octanol–water partition coefficient (Wildman–Crippen LogP) is 16.3. The lowest BCUT2D eigenvalue weighted by Gasteiger charge is -2.22. The molecule has 6 nitrogen and oxygen atoms in total. The first-order chi connectivity index (χ1) is 30.0. The van der Waals surface area contributed by atoms with Gasteiger partial charge in [0.15, 0.2) is 0 Å². The van der Waals surface area contributed by atoms with Crippen LogP contribution in [0.2, 0.25) is 0 Å². The number of allylic oxidation sites excluding steroid dienone is 4. The Morgan fingerprint density at radius 1 is 0.443 bits per heavy atom. The van der Waals surface area contributed by atoms with Gasteiger partial charge < -0.3 is 20.3 Å². The van der Waals surface area contributed by atoms with E-state index in [0.717, 1.165) is 44.9 Å². The van der Waals surface area contributed by atoms with Gasteiger partial charge in [0, 0.05) is 12.8 Å². The molecule has 0 bridgehead atoms. The molecule has 0 fully saturated rings. The van der Waals surface area contributed by atoms with E-state index in [1.807, 2.05) is 0 Å². The van der Waals surface area contributed by atoms with Crippen molar-refractivity contribution < 1.29 is 24.5 Å². The maximum Gasteiger partial charge on any atom is 0.305 e. The van der Waals surface area contributed by atoms with Gasteiger partial charge >= 0.3 is 5.97 Å². The zero-order chi connectivity index (χ0) is 44.4. The summed E-state index contributed by atoms with van der Waals surface area (Å²) in [6.45, 7) is 4.91. The Morgan fingerprint density at radius 3 is 1.16 bits per heavy atom. The number of carbonyl (C=O) groups excluding carboxylic acids is 2. The maximum absolute atomic E-state index is 12.4. The lowest BCUT2D eigenvalue weighted by Crippen LogP contribution is -2.45. The van der Waals surface area contributed by atoms with Crippen molar-refractivity contribution in [2.75, 3.05) is 13.2 Å². The molecule has 0 spiro atoms. The summed E-state index contributed by atoms with van der Waals surface area (Å²) in [5.74, 6) is -0.0461. The quantitative estimate of drug-likeness (QED) is 0.0322. The number of amides is 1. The molecule has 0 aromatic heterocycles. The van der Waals surface area contributed by atoms with Gasteiger partial charge in [-0.15, -0.1) is 0 Å². The summed E-state index contributed by atoms with van der Waals surface area (Å²) in [6, 6.07) is -0.544. The van der Waals surface area contributed by atoms with E-state index in [4.69, 9.17) is 4.74 Å². The molecule has 3 N–H and O–H groups in total. The van der Waals surface area contributed by atoms with Crippen LogP contribution in [0, 0.1) is 0 Å². The van der Waals surface area contributed by atoms with Gasteiger partial charge in [0.1, 0.15) is 0 Å². The minimum Gasteiger partial charge on any atom is -0.466 e. The summed E-state index contributed by atoms with van der Waals surface area (Å²) >= 11 is 0. The number of unbranched alkanes of at least 4 members (excludes halogenated alkanes) is 35. The summed E-state index contributed by atoms with van der Waals surface area (Å²) in [6.07, 6.45) is 60.2. The summed E-state index contributed by atoms with van der Waals surface area (Å²) in [7, 11) is 0. The van der Waals surface area contributed by atoms with Crippen LogP contribution in [0.25, 0.3) is 0 Å². The van der Waals surface area contributed by atoms with E-state index >= 15 is 0 Å². The first kappa shape index (κ1) is 59.3. The van der Waals surface area contributed by atoms with Crippen molar-refractivity contribution in [3.8, 4) is 0 Å². The Kier molecular flexibility index (Phi) is 49.6. The van der Waals surface area contributed by atoms with E-state index in [1.54, 1.807) is 0 Å². The first-order valence-corrected chi connectivity index (χ1v) is 27.1. The molecular weight excluding hydrogens is 755 g/mol. The third-order valence-corrected chi connectivity index (χ3v) is 12.5. The number of aliphatic hydroxyl groups excluding tert-OH is 2. The number of rotatable bonds is 50. The summed E-state index contributed by atoms with van der Waals surface area (Å²) in [4.78, 5) is 24.4. The number of aliphatic hydroxyl groups is 2. The van der Waals surface area contributed by atoms with Crippen LogP contribution < -0.4 is 5.32 Å². The van der Waals surface area contributed by atoms with Crippen molar-refractivity contribution in [2.24, 2.45) is 0 Å². The third kappa shape index (κ3) is 47.7. The monoisotopic (exact) mass is 860 g/mol. The Bertz CT molecular complexity index is 951. The highest BCUT2D eigenvalue weighted by Gasteiger charge is 2.20. The Hall–Kier alpha value is -1.66. The molecule has 360 valence electrons. The van der Waals surface area contributed by atoms with Gasteiger partial charge in [-0.05, 0) is 77.0 Å². The molecular formula is C55H105NO5. The van der Waals surface area contributed by atoms with Crippen LogP contribution in [0.4, 0.5) is 0 Å². The lowest BCUT2D eigenvalue weighted by molar-refractivity contribution is -0.143. The largest absolute Gasteiger partial charge is 0.466 e. The van der Waals surface area contributed by atoms with E-state index < -0.39 is 12.1 Å². The normalized spacial score (nSPS) is 12.8. The highest BCUT2D eigenvalue weighted by Crippen LogP contribution is 2.16. The molecule has 2 atom stereocenters. The second-order valence-corrected chi connectivity index (χ2v) is 18.6. The number of esters is 1.